The van der Waals surface area contributed by atoms with Crippen molar-refractivity contribution in [1.29, 1.82) is 0 Å². The third kappa shape index (κ3) is 6.21. The third-order valence-corrected chi connectivity index (χ3v) is 2.76. The van der Waals surface area contributed by atoms with E-state index in [1.54, 1.807) is 0 Å². The minimum atomic E-state index is -4.51. The summed E-state index contributed by atoms with van der Waals surface area (Å²) in [6, 6.07) is 0. The Bertz CT molecular complexity index is 370. The Labute approximate surface area is 111 Å². The van der Waals surface area contributed by atoms with Gasteiger partial charge in [0.05, 0.1) is 15.4 Å². The molecule has 0 aromatic rings. The van der Waals surface area contributed by atoms with E-state index in [0.29, 0.717) is 0 Å². The van der Waals surface area contributed by atoms with Crippen molar-refractivity contribution in [3.05, 3.63) is 12.2 Å². The van der Waals surface area contributed by atoms with Crippen LogP contribution in [-0.4, -0.2) is 29.8 Å². The fourth-order valence-corrected chi connectivity index (χ4v) is 1.05. The predicted octanol–water partition coefficient (Wildman–Crippen LogP) is -2.97. The van der Waals surface area contributed by atoms with Crippen LogP contribution in [-0.2, 0) is 19.7 Å². The van der Waals surface area contributed by atoms with Gasteiger partial charge in [-0.25, -0.2) is 8.42 Å². The number of rotatable bonds is 5. The first kappa shape index (κ1) is 17.4. The van der Waals surface area contributed by atoms with Gasteiger partial charge in [-0.05, 0) is 19.4 Å². The van der Waals surface area contributed by atoms with Crippen LogP contribution < -0.4 is 29.6 Å². The van der Waals surface area contributed by atoms with E-state index in [1.807, 2.05) is 0 Å². The molecule has 0 saturated carbocycles. The molecule has 0 amide bonds. The van der Waals surface area contributed by atoms with Crippen LogP contribution in [0.3, 0.4) is 0 Å². The van der Waals surface area contributed by atoms with Crippen LogP contribution in [0.25, 0.3) is 0 Å². The summed E-state index contributed by atoms with van der Waals surface area (Å²) < 4.78 is 31.3. The van der Waals surface area contributed by atoms with Crippen LogP contribution in [0.1, 0.15) is 20.3 Å². The summed E-state index contributed by atoms with van der Waals surface area (Å²) >= 11 is 0. The molecule has 0 rings (SSSR count). The maximum Gasteiger partial charge on any atom is 1.00 e. The summed E-state index contributed by atoms with van der Waals surface area (Å²) in [4.78, 5) is 22.0. The smallest absolute Gasteiger partial charge is 0.748 e. The molecule has 0 radical (unpaired) electrons. The Morgan fingerprint density at radius 1 is 1.40 bits per heavy atom. The number of ketones is 2. The maximum absolute atomic E-state index is 11.0. The Morgan fingerprint density at radius 2 is 1.80 bits per heavy atom. The quantitative estimate of drug-likeness (QED) is 0.222. The van der Waals surface area contributed by atoms with Crippen molar-refractivity contribution in [3.63, 3.8) is 0 Å². The van der Waals surface area contributed by atoms with E-state index in [9.17, 15) is 22.6 Å². The second-order valence-electron chi connectivity index (χ2n) is 3.04. The van der Waals surface area contributed by atoms with Crippen molar-refractivity contribution in [2.24, 2.45) is 0 Å². The zero-order chi connectivity index (χ0) is 11.5. The molecular weight excluding hydrogens is 231 g/mol. The first-order valence-corrected chi connectivity index (χ1v) is 5.31. The minimum absolute atomic E-state index is 0. The van der Waals surface area contributed by atoms with E-state index in [2.05, 4.69) is 6.58 Å². The molecule has 0 heterocycles. The first-order chi connectivity index (χ1) is 6.16. The Morgan fingerprint density at radius 3 is 2.07 bits per heavy atom. The van der Waals surface area contributed by atoms with Gasteiger partial charge in [0.1, 0.15) is 0 Å². The molecule has 15 heavy (non-hydrogen) atoms. The van der Waals surface area contributed by atoms with Crippen molar-refractivity contribution in [2.45, 2.75) is 25.5 Å². The van der Waals surface area contributed by atoms with Crippen molar-refractivity contribution in [3.8, 4) is 0 Å². The van der Waals surface area contributed by atoms with Crippen LogP contribution in [0.2, 0.25) is 0 Å². The summed E-state index contributed by atoms with van der Waals surface area (Å²) in [7, 11) is -4.51. The van der Waals surface area contributed by atoms with Crippen molar-refractivity contribution < 1.29 is 52.1 Å². The van der Waals surface area contributed by atoms with Crippen molar-refractivity contribution in [1.82, 2.24) is 0 Å². The second kappa shape index (κ2) is 6.55. The van der Waals surface area contributed by atoms with E-state index in [0.717, 1.165) is 6.92 Å². The molecule has 0 saturated heterocycles. The fourth-order valence-electron chi connectivity index (χ4n) is 0.694. The van der Waals surface area contributed by atoms with Gasteiger partial charge < -0.3 is 4.55 Å². The molecule has 0 aromatic heterocycles. The largest absolute Gasteiger partial charge is 1.00 e. The van der Waals surface area contributed by atoms with Gasteiger partial charge in [0.25, 0.3) is 0 Å². The van der Waals surface area contributed by atoms with Crippen molar-refractivity contribution >= 4 is 21.7 Å². The molecule has 7 heteroatoms. The zero-order valence-corrected chi connectivity index (χ0v) is 11.8. The minimum Gasteiger partial charge on any atom is -0.748 e. The molecule has 0 fully saturated rings. The topological polar surface area (TPSA) is 91.3 Å². The molecular formula is C8H11NaO5S. The fraction of sp³-hybridized carbons (Fsp3) is 0.500. The van der Waals surface area contributed by atoms with Gasteiger partial charge in [0.2, 0.25) is 11.6 Å². The Balaban J connectivity index is 0. The molecule has 0 bridgehead atoms. The van der Waals surface area contributed by atoms with E-state index in [1.165, 1.54) is 6.92 Å². The number of allylic oxidation sites excluding steroid dienone is 1. The number of hydrogen-bond acceptors (Lipinski definition) is 5. The summed E-state index contributed by atoms with van der Waals surface area (Å²) in [5, 5.41) is -1.38. The van der Waals surface area contributed by atoms with Crippen LogP contribution in [0.5, 0.6) is 0 Å². The van der Waals surface area contributed by atoms with Gasteiger partial charge in [-0.2, -0.15) is 0 Å². The van der Waals surface area contributed by atoms with Crippen LogP contribution in [0, 0.1) is 0 Å². The molecule has 0 aliphatic rings. The Kier molecular flexibility index (Phi) is 7.59. The summed E-state index contributed by atoms with van der Waals surface area (Å²) in [6.45, 7) is 5.68. The van der Waals surface area contributed by atoms with Crippen LogP contribution in [0.4, 0.5) is 0 Å². The van der Waals surface area contributed by atoms with E-state index in [-0.39, 0.29) is 35.1 Å². The Hall–Kier alpha value is -0.0100. The summed E-state index contributed by atoms with van der Waals surface area (Å²) in [5.74, 6) is -1.73. The molecule has 1 atom stereocenters. The van der Waals surface area contributed by atoms with Gasteiger partial charge in [0, 0.05) is 6.42 Å². The average molecular weight is 242 g/mol. The van der Waals surface area contributed by atoms with Crippen LogP contribution in [0.15, 0.2) is 12.2 Å². The van der Waals surface area contributed by atoms with Gasteiger partial charge in [0.15, 0.2) is 0 Å². The SMILES string of the molecule is C=C(C)C(=O)C(=O)CC(C)S(=O)(=O)[O-].[Na+]. The molecule has 1 unspecified atom stereocenters. The number of Topliss-reactive ketones (excluding diaryl/α,β-unsaturated/α-hetero) is 2. The third-order valence-electron chi connectivity index (χ3n) is 1.61. The second-order valence-corrected chi connectivity index (χ2v) is 4.83. The molecule has 0 N–H and O–H groups in total. The number of carbonyl (C=O) groups is 2. The molecule has 5 nitrogen and oxygen atoms in total. The summed E-state index contributed by atoms with van der Waals surface area (Å²) in [6.07, 6.45) is -0.586. The number of hydrogen-bond donors (Lipinski definition) is 0. The monoisotopic (exact) mass is 242 g/mol. The van der Waals surface area contributed by atoms with E-state index in [4.69, 9.17) is 0 Å². The first-order valence-electron chi connectivity index (χ1n) is 3.84. The average Bonchev–Trinajstić information content (AvgIpc) is 2.00. The molecule has 0 spiro atoms. The summed E-state index contributed by atoms with van der Waals surface area (Å²) in [5.41, 5.74) is 0.0329. The molecule has 0 aliphatic carbocycles. The zero-order valence-electron chi connectivity index (χ0n) is 8.94. The van der Waals surface area contributed by atoms with Gasteiger partial charge in [-0.15, -0.1) is 0 Å². The van der Waals surface area contributed by atoms with Crippen LogP contribution >= 0.6 is 0 Å². The molecule has 80 valence electrons. The standard InChI is InChI=1S/C8H12O5S.Na/c1-5(2)8(10)7(9)4-6(3)14(11,12)13;/h6H,1,4H2,2-3H3,(H,11,12,13);/q;+1/p-1. The van der Waals surface area contributed by atoms with Crippen molar-refractivity contribution in [2.75, 3.05) is 0 Å². The number of carbonyl (C=O) groups excluding carboxylic acids is 2. The maximum atomic E-state index is 11.0. The van der Waals surface area contributed by atoms with Gasteiger partial charge in [-0.1, -0.05) is 6.58 Å². The normalized spacial score (nSPS) is 12.5. The molecule has 0 aromatic carbocycles. The predicted molar refractivity (Wildman–Crippen MR) is 48.6 cm³/mol. The van der Waals surface area contributed by atoms with E-state index >= 15 is 0 Å². The van der Waals surface area contributed by atoms with Gasteiger partial charge >= 0.3 is 29.6 Å². The molecule has 0 aliphatic heterocycles. The van der Waals surface area contributed by atoms with Gasteiger partial charge in [-0.3, -0.25) is 9.59 Å². The van der Waals surface area contributed by atoms with E-state index < -0.39 is 33.4 Å².